The van der Waals surface area contributed by atoms with Crippen LogP contribution in [0.5, 0.6) is 0 Å². The lowest BCUT2D eigenvalue weighted by molar-refractivity contribution is -0.115. The molecule has 1 heterocycles. The summed E-state index contributed by atoms with van der Waals surface area (Å²) >= 11 is 0. The average molecular weight is 341 g/mol. The molecule has 0 unspecified atom stereocenters. The fraction of sp³-hybridized carbons (Fsp3) is 0.0667. The van der Waals surface area contributed by atoms with Gasteiger partial charge in [0, 0.05) is 5.56 Å². The number of carbonyl (C=O) groups is 1. The molecule has 0 aliphatic heterocycles. The van der Waals surface area contributed by atoms with E-state index in [1.165, 1.54) is 0 Å². The van der Waals surface area contributed by atoms with Crippen LogP contribution >= 0.6 is 0 Å². The first-order valence-electron chi connectivity index (χ1n) is 6.63. The Morgan fingerprint density at radius 2 is 1.54 bits per heavy atom. The molecule has 1 aromatic heterocycles. The second kappa shape index (κ2) is 5.91. The Balaban J connectivity index is 1.85. The summed E-state index contributed by atoms with van der Waals surface area (Å²) in [7, 11) is 0. The van der Waals surface area contributed by atoms with Gasteiger partial charge in [-0.25, -0.2) is 26.9 Å². The van der Waals surface area contributed by atoms with Gasteiger partial charge < -0.3 is 4.98 Å². The zero-order valence-corrected chi connectivity index (χ0v) is 11.8. The van der Waals surface area contributed by atoms with Crippen LogP contribution in [0.25, 0.3) is 11.0 Å². The molecule has 1 amide bonds. The van der Waals surface area contributed by atoms with Gasteiger partial charge in [-0.1, -0.05) is 12.1 Å². The Bertz CT molecular complexity index is 892. The first-order chi connectivity index (χ1) is 11.4. The standard InChI is InChI=1S/C15H8F5N3O/c16-10-6(11(17)13(19)14(20)12(10)18)5-9(24)23-15-21-7-3-1-2-4-8(7)22-15/h1-4H,5H2,(H2,21,22,23,24). The maximum Gasteiger partial charge on any atom is 0.231 e. The van der Waals surface area contributed by atoms with Crippen LogP contribution in [0.4, 0.5) is 27.9 Å². The minimum Gasteiger partial charge on any atom is -0.324 e. The number of anilines is 1. The molecule has 3 aromatic rings. The summed E-state index contributed by atoms with van der Waals surface area (Å²) in [5.74, 6) is -11.5. The highest BCUT2D eigenvalue weighted by atomic mass is 19.2. The summed E-state index contributed by atoms with van der Waals surface area (Å²) in [5.41, 5.74) is -0.0759. The van der Waals surface area contributed by atoms with Gasteiger partial charge in [-0.05, 0) is 12.1 Å². The molecule has 2 aromatic carbocycles. The molecular formula is C15H8F5N3O. The second-order valence-corrected chi connectivity index (χ2v) is 4.88. The molecule has 9 heteroatoms. The number of nitrogens with zero attached hydrogens (tertiary/aromatic N) is 1. The van der Waals surface area contributed by atoms with Crippen molar-refractivity contribution in [3.05, 3.63) is 58.9 Å². The predicted molar refractivity (Wildman–Crippen MR) is 74.7 cm³/mol. The van der Waals surface area contributed by atoms with E-state index < -0.39 is 47.0 Å². The van der Waals surface area contributed by atoms with Crippen molar-refractivity contribution in [3.8, 4) is 0 Å². The Morgan fingerprint density at radius 1 is 0.958 bits per heavy atom. The van der Waals surface area contributed by atoms with Gasteiger partial charge in [0.25, 0.3) is 0 Å². The highest BCUT2D eigenvalue weighted by Gasteiger charge is 2.27. The Morgan fingerprint density at radius 3 is 2.17 bits per heavy atom. The van der Waals surface area contributed by atoms with Crippen molar-refractivity contribution < 1.29 is 26.7 Å². The topological polar surface area (TPSA) is 57.8 Å². The molecule has 124 valence electrons. The summed E-state index contributed by atoms with van der Waals surface area (Å²) < 4.78 is 66.3. The van der Waals surface area contributed by atoms with Gasteiger partial charge in [0.2, 0.25) is 17.7 Å². The monoisotopic (exact) mass is 341 g/mol. The number of hydrogen-bond donors (Lipinski definition) is 2. The third kappa shape index (κ3) is 2.68. The van der Waals surface area contributed by atoms with E-state index in [1.807, 2.05) is 0 Å². The number of carbonyl (C=O) groups excluding carboxylic acids is 1. The van der Waals surface area contributed by atoms with Gasteiger partial charge in [0.05, 0.1) is 17.5 Å². The van der Waals surface area contributed by atoms with Crippen LogP contribution in [0.1, 0.15) is 5.56 Å². The highest BCUT2D eigenvalue weighted by Crippen LogP contribution is 2.23. The van der Waals surface area contributed by atoms with Crippen LogP contribution in [-0.4, -0.2) is 15.9 Å². The van der Waals surface area contributed by atoms with Crippen LogP contribution in [0, 0.1) is 29.1 Å². The van der Waals surface area contributed by atoms with Crippen LogP contribution in [0.3, 0.4) is 0 Å². The normalized spacial score (nSPS) is 11.0. The lowest BCUT2D eigenvalue weighted by Crippen LogP contribution is -2.19. The molecule has 0 spiro atoms. The number of H-pyrrole nitrogens is 1. The number of imidazole rings is 1. The first kappa shape index (κ1) is 15.9. The summed E-state index contributed by atoms with van der Waals surface area (Å²) in [4.78, 5) is 18.6. The van der Waals surface area contributed by atoms with E-state index in [9.17, 15) is 26.7 Å². The van der Waals surface area contributed by atoms with Gasteiger partial charge >= 0.3 is 0 Å². The number of rotatable bonds is 3. The molecule has 4 nitrogen and oxygen atoms in total. The van der Waals surface area contributed by atoms with Gasteiger partial charge in [0.15, 0.2) is 23.3 Å². The van der Waals surface area contributed by atoms with E-state index >= 15 is 0 Å². The summed E-state index contributed by atoms with van der Waals surface area (Å²) in [6.07, 6.45) is -1.04. The van der Waals surface area contributed by atoms with Gasteiger partial charge in [-0.2, -0.15) is 0 Å². The molecule has 0 bridgehead atoms. The smallest absolute Gasteiger partial charge is 0.231 e. The third-order valence-corrected chi connectivity index (χ3v) is 3.29. The number of nitrogens with one attached hydrogen (secondary N) is 2. The van der Waals surface area contributed by atoms with Crippen molar-refractivity contribution in [1.29, 1.82) is 0 Å². The summed E-state index contributed by atoms with van der Waals surface area (Å²) in [6, 6.07) is 6.78. The van der Waals surface area contributed by atoms with Crippen molar-refractivity contribution in [2.24, 2.45) is 0 Å². The maximum atomic E-state index is 13.5. The molecule has 24 heavy (non-hydrogen) atoms. The van der Waals surface area contributed by atoms with E-state index in [1.54, 1.807) is 24.3 Å². The molecule has 2 N–H and O–H groups in total. The zero-order valence-electron chi connectivity index (χ0n) is 11.8. The molecule has 0 aliphatic carbocycles. The SMILES string of the molecule is O=C(Cc1c(F)c(F)c(F)c(F)c1F)Nc1nc2ccccc2[nH]1. The second-order valence-electron chi connectivity index (χ2n) is 4.88. The minimum absolute atomic E-state index is 0.00919. The summed E-state index contributed by atoms with van der Waals surface area (Å²) in [6.45, 7) is 0. The predicted octanol–water partition coefficient (Wildman–Crippen LogP) is 3.44. The Hall–Kier alpha value is -2.97. The fourth-order valence-corrected chi connectivity index (χ4v) is 2.15. The van der Waals surface area contributed by atoms with Crippen molar-refractivity contribution in [2.75, 3.05) is 5.32 Å². The number of amides is 1. The van der Waals surface area contributed by atoms with Crippen molar-refractivity contribution in [3.63, 3.8) is 0 Å². The Kier molecular flexibility index (Phi) is 3.92. The molecule has 0 atom stereocenters. The highest BCUT2D eigenvalue weighted by molar-refractivity contribution is 5.92. The maximum absolute atomic E-state index is 13.5. The van der Waals surface area contributed by atoms with E-state index in [-0.39, 0.29) is 5.95 Å². The molecule has 0 fully saturated rings. The number of halogens is 5. The fourth-order valence-electron chi connectivity index (χ4n) is 2.15. The van der Waals surface area contributed by atoms with Crippen LogP contribution in [-0.2, 0) is 11.2 Å². The Labute approximate surface area is 131 Å². The van der Waals surface area contributed by atoms with Crippen LogP contribution in [0.2, 0.25) is 0 Å². The van der Waals surface area contributed by atoms with Crippen molar-refractivity contribution in [2.45, 2.75) is 6.42 Å². The average Bonchev–Trinajstić information content (AvgIpc) is 2.97. The lowest BCUT2D eigenvalue weighted by atomic mass is 10.1. The lowest BCUT2D eigenvalue weighted by Gasteiger charge is -2.07. The number of hydrogen-bond acceptors (Lipinski definition) is 2. The molecule has 0 aliphatic rings. The third-order valence-electron chi connectivity index (χ3n) is 3.29. The van der Waals surface area contributed by atoms with Crippen molar-refractivity contribution in [1.82, 2.24) is 9.97 Å². The van der Waals surface area contributed by atoms with Gasteiger partial charge in [0.1, 0.15) is 0 Å². The van der Waals surface area contributed by atoms with E-state index in [0.29, 0.717) is 11.0 Å². The van der Waals surface area contributed by atoms with E-state index in [0.717, 1.165) is 0 Å². The van der Waals surface area contributed by atoms with Crippen LogP contribution in [0.15, 0.2) is 24.3 Å². The minimum atomic E-state index is -2.27. The van der Waals surface area contributed by atoms with Crippen LogP contribution < -0.4 is 5.32 Å². The zero-order chi connectivity index (χ0) is 17.4. The molecule has 0 radical (unpaired) electrons. The molecular weight excluding hydrogens is 333 g/mol. The number of aromatic amines is 1. The molecule has 0 saturated carbocycles. The van der Waals surface area contributed by atoms with E-state index in [4.69, 9.17) is 0 Å². The number of para-hydroxylation sites is 2. The number of fused-ring (bicyclic) bond motifs is 1. The molecule has 3 rings (SSSR count). The summed E-state index contributed by atoms with van der Waals surface area (Å²) in [5, 5.41) is 2.21. The quantitative estimate of drug-likeness (QED) is 0.436. The largest absolute Gasteiger partial charge is 0.324 e. The van der Waals surface area contributed by atoms with E-state index in [2.05, 4.69) is 15.3 Å². The number of benzene rings is 2. The van der Waals surface area contributed by atoms with Gasteiger partial charge in [-0.3, -0.25) is 10.1 Å². The number of aromatic nitrogens is 2. The first-order valence-corrected chi connectivity index (χ1v) is 6.63. The van der Waals surface area contributed by atoms with Gasteiger partial charge in [-0.15, -0.1) is 0 Å². The van der Waals surface area contributed by atoms with Crippen molar-refractivity contribution >= 4 is 22.9 Å². The molecule has 0 saturated heterocycles.